The molecule has 0 aromatic heterocycles. The molecule has 2 aliphatic rings. The van der Waals surface area contributed by atoms with Crippen LogP contribution < -0.4 is 21.3 Å². The molecule has 2 heterocycles. The molecule has 0 radical (unpaired) electrons. The van der Waals surface area contributed by atoms with Crippen molar-refractivity contribution < 1.29 is 19.1 Å². The molecule has 8 nitrogen and oxygen atoms in total. The van der Waals surface area contributed by atoms with Gasteiger partial charge in [0.2, 0.25) is 11.8 Å². The Morgan fingerprint density at radius 1 is 0.579 bits per heavy atom. The van der Waals surface area contributed by atoms with Gasteiger partial charge in [0.1, 0.15) is 0 Å². The third-order valence-electron chi connectivity index (χ3n) is 6.96. The fourth-order valence-electron chi connectivity index (χ4n) is 4.47. The lowest BCUT2D eigenvalue weighted by molar-refractivity contribution is -0.121. The van der Waals surface area contributed by atoms with Gasteiger partial charge in [-0.3, -0.25) is 9.59 Å². The maximum absolute atomic E-state index is 11.9. The van der Waals surface area contributed by atoms with Gasteiger partial charge in [-0.1, -0.05) is 76.7 Å². The van der Waals surface area contributed by atoms with E-state index in [1.165, 1.54) is 51.4 Å². The Kier molecular flexibility index (Phi) is 18.1. The lowest BCUT2D eigenvalue weighted by atomic mass is 10.1. The summed E-state index contributed by atoms with van der Waals surface area (Å²) in [5, 5.41) is 12.5. The second-order valence-electron chi connectivity index (χ2n) is 10.4. The van der Waals surface area contributed by atoms with E-state index in [2.05, 4.69) is 47.3 Å². The molecule has 4 N–H and O–H groups in total. The molecule has 0 aromatic carbocycles. The van der Waals surface area contributed by atoms with E-state index in [9.17, 15) is 9.59 Å². The van der Waals surface area contributed by atoms with Crippen LogP contribution in [0.1, 0.15) is 90.9 Å². The summed E-state index contributed by atoms with van der Waals surface area (Å²) in [6, 6.07) is 0. The predicted molar refractivity (Wildman–Crippen MR) is 154 cm³/mol. The second-order valence-corrected chi connectivity index (χ2v) is 10.4. The van der Waals surface area contributed by atoms with E-state index in [0.29, 0.717) is 50.3 Å². The Morgan fingerprint density at radius 3 is 1.42 bits per heavy atom. The van der Waals surface area contributed by atoms with Gasteiger partial charge in [0, 0.05) is 52.1 Å². The number of ether oxygens (including phenoxy) is 2. The van der Waals surface area contributed by atoms with Crippen molar-refractivity contribution in [1.82, 2.24) is 21.3 Å². The fourth-order valence-corrected chi connectivity index (χ4v) is 4.47. The smallest absolute Gasteiger partial charge is 0.223 e. The van der Waals surface area contributed by atoms with Crippen LogP contribution >= 0.6 is 0 Å². The van der Waals surface area contributed by atoms with Crippen molar-refractivity contribution in [3.63, 3.8) is 0 Å². The Hall–Kier alpha value is -1.74. The van der Waals surface area contributed by atoms with Crippen LogP contribution in [0.4, 0.5) is 0 Å². The first kappa shape index (κ1) is 32.5. The lowest BCUT2D eigenvalue weighted by Gasteiger charge is -2.08. The van der Waals surface area contributed by atoms with Crippen LogP contribution in [0, 0.1) is 0 Å². The van der Waals surface area contributed by atoms with Gasteiger partial charge in [0.25, 0.3) is 0 Å². The van der Waals surface area contributed by atoms with E-state index in [4.69, 9.17) is 9.47 Å². The second kappa shape index (κ2) is 21.1. The molecule has 0 aromatic rings. The number of amides is 2. The Balaban J connectivity index is 1.28. The predicted octanol–water partition coefficient (Wildman–Crippen LogP) is 3.77. The first-order valence-corrected chi connectivity index (χ1v) is 15.2. The Labute approximate surface area is 231 Å². The van der Waals surface area contributed by atoms with Gasteiger partial charge >= 0.3 is 0 Å². The summed E-state index contributed by atoms with van der Waals surface area (Å²) in [5.41, 5.74) is 0. The summed E-state index contributed by atoms with van der Waals surface area (Å²) in [5.74, 6) is 0.103. The molecular weight excluding hydrogens is 480 g/mol. The fraction of sp³-hybridized carbons (Fsp3) is 0.800. The Morgan fingerprint density at radius 2 is 1.00 bits per heavy atom. The molecule has 8 heteroatoms. The molecule has 2 fully saturated rings. The van der Waals surface area contributed by atoms with Crippen molar-refractivity contribution in [2.75, 3.05) is 39.3 Å². The zero-order valence-corrected chi connectivity index (χ0v) is 24.0. The number of unbranched alkanes of at least 4 members (excludes halogenated alkanes) is 4. The number of hydrogen-bond acceptors (Lipinski definition) is 6. The average Bonchev–Trinajstić information content (AvgIpc) is 3.83. The molecule has 4 unspecified atom stereocenters. The van der Waals surface area contributed by atoms with Gasteiger partial charge in [-0.15, -0.1) is 0 Å². The van der Waals surface area contributed by atoms with E-state index < -0.39 is 0 Å². The first-order valence-electron chi connectivity index (χ1n) is 15.2. The molecule has 0 bridgehead atoms. The van der Waals surface area contributed by atoms with Gasteiger partial charge in [-0.2, -0.15) is 0 Å². The molecule has 0 aliphatic carbocycles. The standard InChI is InChI=1S/C30H54N4O4/c1-3-5-7-13-25-27(37-25)15-9-11-17-29(35)33-23-21-31-19-20-32-22-24-34-30(36)18-12-10-16-28-26(38-28)14-8-6-4-2/h9-12,25-28,31-32H,3-8,13-24H2,1-2H3,(H,33,35)(H,34,36). The van der Waals surface area contributed by atoms with E-state index in [1.807, 2.05) is 12.2 Å². The molecule has 38 heavy (non-hydrogen) atoms. The maximum atomic E-state index is 11.9. The van der Waals surface area contributed by atoms with Crippen LogP contribution in [0.15, 0.2) is 24.3 Å². The number of rotatable bonds is 25. The summed E-state index contributed by atoms with van der Waals surface area (Å²) in [6.45, 7) is 8.78. The van der Waals surface area contributed by atoms with E-state index in [-0.39, 0.29) is 11.8 Å². The number of hydrogen-bond donors (Lipinski definition) is 4. The highest BCUT2D eigenvalue weighted by molar-refractivity contribution is 5.77. The van der Waals surface area contributed by atoms with Crippen molar-refractivity contribution in [2.45, 2.75) is 115 Å². The third-order valence-corrected chi connectivity index (χ3v) is 6.96. The molecule has 4 atom stereocenters. The molecule has 2 amide bonds. The van der Waals surface area contributed by atoms with Gasteiger partial charge in [0.15, 0.2) is 0 Å². The molecule has 0 spiro atoms. The quantitative estimate of drug-likeness (QED) is 0.0807. The number of epoxide rings is 2. The van der Waals surface area contributed by atoms with Crippen LogP contribution in [0.5, 0.6) is 0 Å². The normalized spacial score (nSPS) is 22.3. The van der Waals surface area contributed by atoms with Crippen molar-refractivity contribution in [3.05, 3.63) is 24.3 Å². The molecule has 218 valence electrons. The summed E-state index contributed by atoms with van der Waals surface area (Å²) in [6.07, 6.45) is 22.2. The van der Waals surface area contributed by atoms with Gasteiger partial charge in [-0.25, -0.2) is 0 Å². The van der Waals surface area contributed by atoms with Gasteiger partial charge < -0.3 is 30.7 Å². The minimum absolute atomic E-state index is 0.0513. The maximum Gasteiger partial charge on any atom is 0.223 e. The minimum atomic E-state index is 0.0513. The van der Waals surface area contributed by atoms with Gasteiger partial charge in [-0.05, 0) is 25.7 Å². The third kappa shape index (κ3) is 17.0. The minimum Gasteiger partial charge on any atom is -0.369 e. The van der Waals surface area contributed by atoms with Crippen LogP contribution in [0.3, 0.4) is 0 Å². The van der Waals surface area contributed by atoms with Crippen LogP contribution in [0.2, 0.25) is 0 Å². The highest BCUT2D eigenvalue weighted by Gasteiger charge is 2.37. The van der Waals surface area contributed by atoms with Crippen molar-refractivity contribution in [3.8, 4) is 0 Å². The van der Waals surface area contributed by atoms with Crippen molar-refractivity contribution in [2.24, 2.45) is 0 Å². The first-order chi connectivity index (χ1) is 18.6. The highest BCUT2D eigenvalue weighted by atomic mass is 16.6. The van der Waals surface area contributed by atoms with Gasteiger partial charge in [0.05, 0.1) is 24.4 Å². The van der Waals surface area contributed by atoms with Crippen molar-refractivity contribution >= 4 is 11.8 Å². The molecule has 2 rings (SSSR count). The average molecular weight is 535 g/mol. The van der Waals surface area contributed by atoms with E-state index >= 15 is 0 Å². The topological polar surface area (TPSA) is 107 Å². The van der Waals surface area contributed by atoms with E-state index in [1.54, 1.807) is 0 Å². The largest absolute Gasteiger partial charge is 0.369 e. The Bertz CT molecular complexity index is 642. The number of nitrogens with one attached hydrogen (secondary N) is 4. The highest BCUT2D eigenvalue weighted by Crippen LogP contribution is 2.31. The molecule has 2 saturated heterocycles. The summed E-state index contributed by atoms with van der Waals surface area (Å²) in [7, 11) is 0. The van der Waals surface area contributed by atoms with Crippen LogP contribution in [0.25, 0.3) is 0 Å². The van der Waals surface area contributed by atoms with E-state index in [0.717, 1.165) is 39.0 Å². The zero-order valence-electron chi connectivity index (χ0n) is 24.0. The molecule has 0 saturated carbocycles. The number of carbonyl (C=O) groups excluding carboxylic acids is 2. The van der Waals surface area contributed by atoms with Crippen LogP contribution in [-0.2, 0) is 19.1 Å². The summed E-state index contributed by atoms with van der Waals surface area (Å²) in [4.78, 5) is 23.8. The number of carbonyl (C=O) groups is 2. The monoisotopic (exact) mass is 534 g/mol. The molecular formula is C30H54N4O4. The lowest BCUT2D eigenvalue weighted by Crippen LogP contribution is -2.37. The SMILES string of the molecule is CCCCCC1OC1CC=CCC(=O)NCCNCCNCCNC(=O)CC=CCC1OC1CCCCC. The van der Waals surface area contributed by atoms with Crippen LogP contribution in [-0.4, -0.2) is 75.5 Å². The molecule has 2 aliphatic heterocycles. The zero-order chi connectivity index (χ0) is 27.3. The van der Waals surface area contributed by atoms with Crippen molar-refractivity contribution in [1.29, 1.82) is 0 Å². The summed E-state index contributed by atoms with van der Waals surface area (Å²) >= 11 is 0. The summed E-state index contributed by atoms with van der Waals surface area (Å²) < 4.78 is 11.3.